The molecule has 3 atom stereocenters. The molecule has 1 fully saturated rings. The van der Waals surface area contributed by atoms with Gasteiger partial charge < -0.3 is 49.3 Å². The molecule has 1 rings (SSSR count). The van der Waals surface area contributed by atoms with Crippen LogP contribution >= 0.6 is 0 Å². The van der Waals surface area contributed by atoms with Gasteiger partial charge in [-0.3, -0.25) is 24.4 Å². The van der Waals surface area contributed by atoms with Gasteiger partial charge in [-0.15, -0.1) is 0 Å². The number of hydrogen-bond donors (Lipinski definition) is 9. The number of aliphatic carboxylic acids is 1. The van der Waals surface area contributed by atoms with Crippen LogP contribution in [-0.4, -0.2) is 85.0 Å². The Kier molecular flexibility index (Phi) is 12.8. The number of nitrogens with zero attached hydrogens (tertiary/aromatic N) is 2. The predicted molar refractivity (Wildman–Crippen MR) is 125 cm³/mol. The van der Waals surface area contributed by atoms with Gasteiger partial charge in [-0.1, -0.05) is 0 Å². The summed E-state index contributed by atoms with van der Waals surface area (Å²) < 4.78 is 0. The first-order chi connectivity index (χ1) is 16.1. The Morgan fingerprint density at radius 1 is 0.941 bits per heavy atom. The van der Waals surface area contributed by atoms with Crippen LogP contribution in [0, 0.1) is 0 Å². The van der Waals surface area contributed by atoms with Crippen molar-refractivity contribution in [2.24, 2.45) is 32.9 Å². The van der Waals surface area contributed by atoms with E-state index in [1.54, 1.807) is 0 Å². The monoisotopic (exact) mass is 484 g/mol. The van der Waals surface area contributed by atoms with Gasteiger partial charge in [0.05, 0.1) is 12.6 Å². The minimum atomic E-state index is -1.24. The number of rotatable bonds is 15. The van der Waals surface area contributed by atoms with Crippen LogP contribution in [-0.2, 0) is 19.2 Å². The molecular weight excluding hydrogens is 448 g/mol. The van der Waals surface area contributed by atoms with Crippen molar-refractivity contribution in [3.05, 3.63) is 0 Å². The summed E-state index contributed by atoms with van der Waals surface area (Å²) in [5.74, 6) is -3.03. The number of nitrogens with two attached hydrogens (primary N) is 4. The van der Waals surface area contributed by atoms with Gasteiger partial charge in [0.2, 0.25) is 17.7 Å². The fourth-order valence-electron chi connectivity index (χ4n) is 3.25. The van der Waals surface area contributed by atoms with E-state index in [-0.39, 0.29) is 56.3 Å². The highest BCUT2D eigenvalue weighted by Gasteiger charge is 2.27. The van der Waals surface area contributed by atoms with E-state index in [1.165, 1.54) is 0 Å². The molecular formula is C19H36N10O5. The summed E-state index contributed by atoms with van der Waals surface area (Å²) in [6.45, 7) is 0.831. The van der Waals surface area contributed by atoms with Crippen molar-refractivity contribution in [2.45, 2.75) is 56.7 Å². The fraction of sp³-hybridized carbons (Fsp3) is 0.684. The summed E-state index contributed by atoms with van der Waals surface area (Å²) in [5, 5.41) is 19.9. The lowest BCUT2D eigenvalue weighted by molar-refractivity contribution is -0.142. The molecule has 3 amide bonds. The normalized spacial score (nSPS) is 16.5. The largest absolute Gasteiger partial charge is 0.480 e. The molecule has 15 heteroatoms. The number of carbonyl (C=O) groups is 4. The summed E-state index contributed by atoms with van der Waals surface area (Å²) in [6, 6.07) is -2.60. The van der Waals surface area contributed by atoms with Crippen LogP contribution in [0.3, 0.4) is 0 Å². The minimum Gasteiger partial charge on any atom is -0.480 e. The first kappa shape index (κ1) is 28.4. The van der Waals surface area contributed by atoms with Gasteiger partial charge in [0.15, 0.2) is 11.9 Å². The van der Waals surface area contributed by atoms with Gasteiger partial charge in [-0.05, 0) is 45.1 Å². The van der Waals surface area contributed by atoms with Crippen molar-refractivity contribution in [3.63, 3.8) is 0 Å². The van der Waals surface area contributed by atoms with Gasteiger partial charge in [-0.2, -0.15) is 0 Å². The Labute approximate surface area is 197 Å². The first-order valence-corrected chi connectivity index (χ1v) is 11.0. The van der Waals surface area contributed by atoms with Crippen LogP contribution in [0.15, 0.2) is 9.98 Å². The Hall–Kier alpha value is -3.62. The number of guanidine groups is 2. The van der Waals surface area contributed by atoms with E-state index in [4.69, 9.17) is 22.9 Å². The van der Waals surface area contributed by atoms with E-state index in [2.05, 4.69) is 31.3 Å². The van der Waals surface area contributed by atoms with Gasteiger partial charge >= 0.3 is 5.97 Å². The first-order valence-electron chi connectivity index (χ1n) is 11.0. The Morgan fingerprint density at radius 3 is 2.03 bits per heavy atom. The number of nitrogens with one attached hydrogen (secondary N) is 4. The zero-order valence-corrected chi connectivity index (χ0v) is 19.1. The second-order valence-electron chi connectivity index (χ2n) is 7.78. The van der Waals surface area contributed by atoms with Crippen molar-refractivity contribution in [1.82, 2.24) is 21.3 Å². The van der Waals surface area contributed by atoms with Crippen LogP contribution in [0.2, 0.25) is 0 Å². The van der Waals surface area contributed by atoms with Gasteiger partial charge in [-0.25, -0.2) is 4.79 Å². The molecule has 0 aliphatic carbocycles. The van der Waals surface area contributed by atoms with Crippen LogP contribution in [0.5, 0.6) is 0 Å². The Balaban J connectivity index is 2.69. The molecule has 34 heavy (non-hydrogen) atoms. The minimum absolute atomic E-state index is 0.0803. The highest BCUT2D eigenvalue weighted by atomic mass is 16.4. The molecule has 13 N–H and O–H groups in total. The van der Waals surface area contributed by atoms with E-state index in [0.29, 0.717) is 19.3 Å². The van der Waals surface area contributed by atoms with Crippen molar-refractivity contribution in [1.29, 1.82) is 0 Å². The van der Waals surface area contributed by atoms with Crippen molar-refractivity contribution in [3.8, 4) is 0 Å². The molecule has 192 valence electrons. The van der Waals surface area contributed by atoms with Crippen molar-refractivity contribution >= 4 is 35.6 Å². The van der Waals surface area contributed by atoms with Crippen LogP contribution < -0.4 is 44.2 Å². The SMILES string of the molecule is NC(N)=NCCCC(NC(=O)C(CCCN=C(N)N)NC(=O)CNC(=O)C1CCCN1)C(=O)O. The van der Waals surface area contributed by atoms with Crippen LogP contribution in [0.4, 0.5) is 0 Å². The van der Waals surface area contributed by atoms with Crippen molar-refractivity contribution < 1.29 is 24.3 Å². The zero-order chi connectivity index (χ0) is 25.5. The Morgan fingerprint density at radius 2 is 1.53 bits per heavy atom. The van der Waals surface area contributed by atoms with E-state index < -0.39 is 29.9 Å². The van der Waals surface area contributed by atoms with Gasteiger partial charge in [0.25, 0.3) is 0 Å². The van der Waals surface area contributed by atoms with E-state index in [0.717, 1.165) is 13.0 Å². The molecule has 0 saturated carbocycles. The molecule has 0 aromatic carbocycles. The number of hydrogen-bond acceptors (Lipinski definition) is 7. The summed E-state index contributed by atoms with van der Waals surface area (Å²) in [5.41, 5.74) is 21.1. The molecule has 1 heterocycles. The maximum Gasteiger partial charge on any atom is 0.326 e. The lowest BCUT2D eigenvalue weighted by atomic mass is 10.1. The molecule has 0 aromatic heterocycles. The lowest BCUT2D eigenvalue weighted by Gasteiger charge is -2.21. The quantitative estimate of drug-likeness (QED) is 0.0617. The fourth-order valence-corrected chi connectivity index (χ4v) is 3.25. The molecule has 0 spiro atoms. The molecule has 0 bridgehead atoms. The second-order valence-corrected chi connectivity index (χ2v) is 7.78. The molecule has 3 unspecified atom stereocenters. The third kappa shape index (κ3) is 11.8. The standard InChI is InChI=1S/C19H36N10O5/c20-18(21)25-8-2-5-12(28-14(30)10-27-15(31)11-4-1-7-24-11)16(32)29-13(17(33)34)6-3-9-26-19(22)23/h11-13,24H,1-10H2,(H,27,31)(H,28,30)(H,29,32)(H,33,34)(H4,20,21,25)(H4,22,23,26). The maximum absolute atomic E-state index is 12.8. The highest BCUT2D eigenvalue weighted by Crippen LogP contribution is 2.05. The van der Waals surface area contributed by atoms with E-state index in [1.807, 2.05) is 0 Å². The molecule has 1 aliphatic heterocycles. The van der Waals surface area contributed by atoms with Crippen molar-refractivity contribution in [2.75, 3.05) is 26.2 Å². The second kappa shape index (κ2) is 15.3. The third-order valence-electron chi connectivity index (χ3n) is 4.96. The zero-order valence-electron chi connectivity index (χ0n) is 19.1. The summed E-state index contributed by atoms with van der Waals surface area (Å²) in [6.07, 6.45) is 2.45. The van der Waals surface area contributed by atoms with Gasteiger partial charge in [0, 0.05) is 13.1 Å². The van der Waals surface area contributed by atoms with E-state index >= 15 is 0 Å². The molecule has 0 radical (unpaired) electrons. The van der Waals surface area contributed by atoms with Gasteiger partial charge in [0.1, 0.15) is 12.1 Å². The van der Waals surface area contributed by atoms with E-state index in [9.17, 15) is 24.3 Å². The topological polar surface area (TPSA) is 265 Å². The molecule has 1 aliphatic rings. The predicted octanol–water partition coefficient (Wildman–Crippen LogP) is -3.98. The lowest BCUT2D eigenvalue weighted by Crippen LogP contribution is -2.53. The molecule has 15 nitrogen and oxygen atoms in total. The molecule has 1 saturated heterocycles. The summed E-state index contributed by atoms with van der Waals surface area (Å²) >= 11 is 0. The summed E-state index contributed by atoms with van der Waals surface area (Å²) in [4.78, 5) is 56.4. The molecule has 0 aromatic rings. The smallest absolute Gasteiger partial charge is 0.326 e. The average molecular weight is 485 g/mol. The number of carboxylic acids is 1. The number of carboxylic acid groups (broad SMARTS) is 1. The number of carbonyl (C=O) groups excluding carboxylic acids is 3. The summed E-state index contributed by atoms with van der Waals surface area (Å²) in [7, 11) is 0. The Bertz CT molecular complexity index is 759. The average Bonchev–Trinajstić information content (AvgIpc) is 3.30. The maximum atomic E-state index is 12.8. The highest BCUT2D eigenvalue weighted by molar-refractivity contribution is 5.92. The number of amides is 3. The third-order valence-corrected chi connectivity index (χ3v) is 4.96. The number of aliphatic imine (C=N–C) groups is 2. The van der Waals surface area contributed by atoms with Crippen LogP contribution in [0.1, 0.15) is 38.5 Å². The van der Waals surface area contributed by atoms with Crippen LogP contribution in [0.25, 0.3) is 0 Å².